The quantitative estimate of drug-likeness (QED) is 0.0974. The number of ether oxygens (including phenoxy) is 1. The molecule has 0 saturated heterocycles. The molecule has 7 nitrogen and oxygen atoms in total. The molecule has 2 saturated carbocycles. The number of pyridine rings is 1. The molecule has 0 aliphatic heterocycles. The summed E-state index contributed by atoms with van der Waals surface area (Å²) in [7, 11) is 3.10. The Labute approximate surface area is 292 Å². The fourth-order valence-electron chi connectivity index (χ4n) is 9.24. The summed E-state index contributed by atoms with van der Waals surface area (Å²) in [5, 5.41) is 9.26. The number of benzene rings is 1. The van der Waals surface area contributed by atoms with E-state index in [4.69, 9.17) is 4.74 Å². The van der Waals surface area contributed by atoms with Gasteiger partial charge in [-0.05, 0) is 89.9 Å². The van der Waals surface area contributed by atoms with Crippen molar-refractivity contribution in [2.75, 3.05) is 18.1 Å². The van der Waals surface area contributed by atoms with Crippen molar-refractivity contribution in [1.82, 2.24) is 9.88 Å². The fourth-order valence-corrected chi connectivity index (χ4v) is 11.2. The van der Waals surface area contributed by atoms with E-state index in [0.29, 0.717) is 35.7 Å². The first-order valence-electron chi connectivity index (χ1n) is 17.5. The van der Waals surface area contributed by atoms with Crippen LogP contribution in [0.15, 0.2) is 72.6 Å². The minimum Gasteiger partial charge on any atom is -0.480 e. The summed E-state index contributed by atoms with van der Waals surface area (Å²) in [6.45, 7) is 4.94. The van der Waals surface area contributed by atoms with Crippen molar-refractivity contribution in [3.8, 4) is 0 Å². The Bertz CT molecular complexity index is 1530. The lowest BCUT2D eigenvalue weighted by Crippen LogP contribution is -2.50. The molecule has 48 heavy (non-hydrogen) atoms. The largest absolute Gasteiger partial charge is 0.480 e. The van der Waals surface area contributed by atoms with E-state index >= 15 is 0 Å². The van der Waals surface area contributed by atoms with Crippen molar-refractivity contribution in [3.63, 3.8) is 0 Å². The van der Waals surface area contributed by atoms with E-state index in [-0.39, 0.29) is 48.3 Å². The zero-order chi connectivity index (χ0) is 33.7. The highest BCUT2D eigenvalue weighted by Crippen LogP contribution is 2.66. The Morgan fingerprint density at radius 1 is 0.938 bits per heavy atom. The summed E-state index contributed by atoms with van der Waals surface area (Å²) in [4.78, 5) is 42.6. The van der Waals surface area contributed by atoms with Gasteiger partial charge in [-0.3, -0.25) is 19.4 Å². The van der Waals surface area contributed by atoms with Crippen LogP contribution in [0.2, 0.25) is 0 Å². The molecule has 256 valence electrons. The molecule has 1 N–H and O–H groups in total. The number of fused-ring (bicyclic) bond motifs is 5. The molecule has 0 spiro atoms. The maximum absolute atomic E-state index is 12.8. The first kappa shape index (κ1) is 34.8. The summed E-state index contributed by atoms with van der Waals surface area (Å²) >= 11 is 0. The van der Waals surface area contributed by atoms with Gasteiger partial charge in [0.15, 0.2) is 0 Å². The number of aromatic nitrogens is 1. The van der Waals surface area contributed by atoms with E-state index in [2.05, 4.69) is 43.1 Å². The molecule has 9 heteroatoms. The maximum atomic E-state index is 12.8. The molecular weight excluding hydrogens is 641 g/mol. The molecule has 6 rings (SSSR count). The zero-order valence-electron chi connectivity index (χ0n) is 28.1. The normalized spacial score (nSPS) is 29.0. The highest BCUT2D eigenvalue weighted by molar-refractivity contribution is 8.76. The van der Waals surface area contributed by atoms with Gasteiger partial charge in [-0.2, -0.15) is 0 Å². The van der Waals surface area contributed by atoms with E-state index in [1.54, 1.807) is 21.6 Å². The maximum Gasteiger partial charge on any atom is 0.323 e. The summed E-state index contributed by atoms with van der Waals surface area (Å²) in [6.07, 6.45) is 17.1. The zero-order valence-corrected chi connectivity index (χ0v) is 29.8. The highest BCUT2D eigenvalue weighted by Gasteiger charge is 2.57. The topological polar surface area (TPSA) is 96.8 Å². The number of hydrogen-bond donors (Lipinski definition) is 1. The molecule has 0 bridgehead atoms. The SMILES string of the molecule is CC12CC[C@H]3C(CC=C4CC(OC(=O)CCSSCCC(=O)N(CC(=O)O)Cc5ccccc5)CCC43C)C1CC=C2c1cccnc1. The molecular formula is C39H48N2O5S2. The number of esters is 1. The van der Waals surface area contributed by atoms with Crippen LogP contribution < -0.4 is 0 Å². The van der Waals surface area contributed by atoms with Gasteiger partial charge < -0.3 is 14.7 Å². The van der Waals surface area contributed by atoms with Crippen LogP contribution in [0.4, 0.5) is 0 Å². The van der Waals surface area contributed by atoms with Gasteiger partial charge in [0.2, 0.25) is 5.91 Å². The number of carbonyl (C=O) groups is 3. The van der Waals surface area contributed by atoms with E-state index in [0.717, 1.165) is 37.7 Å². The van der Waals surface area contributed by atoms with Gasteiger partial charge in [-0.15, -0.1) is 0 Å². The predicted octanol–water partition coefficient (Wildman–Crippen LogP) is 8.22. The van der Waals surface area contributed by atoms with Crippen LogP contribution in [0.1, 0.15) is 82.8 Å². The molecule has 0 radical (unpaired) electrons. The van der Waals surface area contributed by atoms with Gasteiger partial charge in [-0.1, -0.05) is 89.6 Å². The Morgan fingerprint density at radius 2 is 1.71 bits per heavy atom. The number of rotatable bonds is 13. The first-order chi connectivity index (χ1) is 23.2. The second kappa shape index (κ2) is 15.2. The van der Waals surface area contributed by atoms with Crippen molar-refractivity contribution < 1.29 is 24.2 Å². The van der Waals surface area contributed by atoms with Crippen molar-refractivity contribution in [2.45, 2.75) is 84.3 Å². The summed E-state index contributed by atoms with van der Waals surface area (Å²) in [5.41, 5.74) is 5.60. The fraction of sp³-hybridized carbons (Fsp3) is 0.538. The first-order valence-corrected chi connectivity index (χ1v) is 19.9. The van der Waals surface area contributed by atoms with E-state index in [1.165, 1.54) is 34.5 Å². The van der Waals surface area contributed by atoms with Crippen LogP contribution in [0.5, 0.6) is 0 Å². The molecule has 4 aliphatic rings. The van der Waals surface area contributed by atoms with Gasteiger partial charge in [0.25, 0.3) is 0 Å². The smallest absolute Gasteiger partial charge is 0.323 e. The lowest BCUT2D eigenvalue weighted by molar-refractivity contribution is -0.150. The van der Waals surface area contributed by atoms with Crippen molar-refractivity contribution in [1.29, 1.82) is 0 Å². The lowest BCUT2D eigenvalue weighted by Gasteiger charge is -2.57. The molecule has 2 fully saturated rings. The Kier molecular flexibility index (Phi) is 11.1. The minimum absolute atomic E-state index is 0.0485. The van der Waals surface area contributed by atoms with Gasteiger partial charge >= 0.3 is 11.9 Å². The second-order valence-electron chi connectivity index (χ2n) is 14.4. The van der Waals surface area contributed by atoms with Gasteiger partial charge in [0, 0.05) is 43.3 Å². The lowest BCUT2D eigenvalue weighted by atomic mass is 9.47. The molecule has 5 unspecified atom stereocenters. The van der Waals surface area contributed by atoms with Crippen molar-refractivity contribution >= 4 is 45.0 Å². The van der Waals surface area contributed by atoms with Crippen LogP contribution in [0, 0.1) is 28.6 Å². The third-order valence-electron chi connectivity index (χ3n) is 11.7. The number of allylic oxidation sites excluding steroid dienone is 3. The second-order valence-corrected chi connectivity index (χ2v) is 17.1. The van der Waals surface area contributed by atoms with E-state index < -0.39 is 5.97 Å². The molecule has 4 aliphatic carbocycles. The molecule has 1 heterocycles. The average molecular weight is 689 g/mol. The third-order valence-corrected chi connectivity index (χ3v) is 14.1. The van der Waals surface area contributed by atoms with Crippen LogP contribution in [0.25, 0.3) is 5.57 Å². The number of aliphatic carboxylic acids is 1. The molecule has 1 amide bonds. The average Bonchev–Trinajstić information content (AvgIpc) is 3.44. The summed E-state index contributed by atoms with van der Waals surface area (Å²) < 4.78 is 6.01. The number of hydrogen-bond acceptors (Lipinski definition) is 7. The summed E-state index contributed by atoms with van der Waals surface area (Å²) in [5.74, 6) is 1.87. The number of amides is 1. The van der Waals surface area contributed by atoms with Crippen LogP contribution in [-0.2, 0) is 25.7 Å². The predicted molar refractivity (Wildman–Crippen MR) is 193 cm³/mol. The van der Waals surface area contributed by atoms with Gasteiger partial charge in [0.1, 0.15) is 12.6 Å². The molecule has 1 aromatic heterocycles. The van der Waals surface area contributed by atoms with Gasteiger partial charge in [0.05, 0.1) is 6.42 Å². The Morgan fingerprint density at radius 3 is 2.46 bits per heavy atom. The van der Waals surface area contributed by atoms with Crippen LogP contribution >= 0.6 is 21.6 Å². The number of carboxylic acid groups (broad SMARTS) is 1. The van der Waals surface area contributed by atoms with Crippen LogP contribution in [0.3, 0.4) is 0 Å². The highest BCUT2D eigenvalue weighted by atomic mass is 33.1. The summed E-state index contributed by atoms with van der Waals surface area (Å²) in [6, 6.07) is 13.7. The molecule has 2 aromatic rings. The molecule has 6 atom stereocenters. The number of nitrogens with zero attached hydrogens (tertiary/aromatic N) is 2. The Hall–Kier alpha value is -3.04. The number of carboxylic acids is 1. The van der Waals surface area contributed by atoms with Gasteiger partial charge in [-0.25, -0.2) is 0 Å². The minimum atomic E-state index is -1.02. The molecule has 1 aromatic carbocycles. The van der Waals surface area contributed by atoms with Crippen molar-refractivity contribution in [3.05, 3.63) is 83.7 Å². The third kappa shape index (κ3) is 7.57. The Balaban J connectivity index is 0.930. The monoisotopic (exact) mass is 688 g/mol. The number of carbonyl (C=O) groups excluding carboxylic acids is 2. The van der Waals surface area contributed by atoms with Crippen molar-refractivity contribution in [2.24, 2.45) is 28.6 Å². The van der Waals surface area contributed by atoms with Crippen LogP contribution in [-0.4, -0.2) is 57.0 Å². The van der Waals surface area contributed by atoms with E-state index in [9.17, 15) is 19.5 Å². The van der Waals surface area contributed by atoms with E-state index in [1.807, 2.05) is 42.7 Å². The standard InChI is InChI=1S/C39H48N2O5S2/c1-38-18-14-30(46-37(45)17-22-48-47-21-16-35(42)41(26-36(43)44)25-27-7-4-3-5-8-27)23-29(38)10-11-31-33-13-12-32(28-9-6-20-40-24-28)39(33,2)19-15-34(31)38/h3-10,12,20,24,30-31,33-34H,11,13-19,21-23,25-26H2,1-2H3,(H,43,44)/t30?,31?,33?,34-,38?,39?/m0/s1.